The van der Waals surface area contributed by atoms with Gasteiger partial charge in [0, 0.05) is 45.5 Å². The second-order valence-electron chi connectivity index (χ2n) is 6.61. The maximum absolute atomic E-state index is 13.1. The topological polar surface area (TPSA) is 48.5 Å². The van der Waals surface area contributed by atoms with Crippen molar-refractivity contribution in [3.8, 4) is 0 Å². The van der Waals surface area contributed by atoms with Crippen molar-refractivity contribution >= 4 is 11.7 Å². The number of pyridine rings is 1. The number of aryl methyl sites for hydroxylation is 1. The summed E-state index contributed by atoms with van der Waals surface area (Å²) in [5.41, 5.74) is 3.19. The number of hydrogen-bond acceptors (Lipinski definition) is 4. The smallest absolute Gasteiger partial charge is 0.254 e. The van der Waals surface area contributed by atoms with Gasteiger partial charge in [-0.3, -0.25) is 4.79 Å². The summed E-state index contributed by atoms with van der Waals surface area (Å²) in [6.45, 7) is 4.46. The number of carbonyl (C=O) groups is 1. The molecular weight excluding hydrogens is 312 g/mol. The molecule has 0 radical (unpaired) electrons. The summed E-state index contributed by atoms with van der Waals surface area (Å²) in [6, 6.07) is 12.3. The van der Waals surface area contributed by atoms with Crippen LogP contribution in [0.5, 0.6) is 0 Å². The van der Waals surface area contributed by atoms with Gasteiger partial charge in [-0.15, -0.1) is 0 Å². The first-order valence-corrected chi connectivity index (χ1v) is 8.84. The van der Waals surface area contributed by atoms with E-state index in [9.17, 15) is 4.79 Å². The molecule has 3 rings (SSSR count). The molecule has 1 aromatic heterocycles. The molecule has 1 unspecified atom stereocenters. The lowest BCUT2D eigenvalue weighted by atomic mass is 10.00. The van der Waals surface area contributed by atoms with Gasteiger partial charge in [-0.1, -0.05) is 31.2 Å². The maximum atomic E-state index is 13.1. The van der Waals surface area contributed by atoms with E-state index in [-0.39, 0.29) is 11.9 Å². The third-order valence-corrected chi connectivity index (χ3v) is 4.73. The number of hydrogen-bond donors (Lipinski definition) is 1. The van der Waals surface area contributed by atoms with E-state index < -0.39 is 0 Å². The zero-order valence-corrected chi connectivity index (χ0v) is 15.2. The molecule has 0 saturated carbocycles. The van der Waals surface area contributed by atoms with Crippen molar-refractivity contribution in [1.29, 1.82) is 0 Å². The molecule has 1 fully saturated rings. The first-order chi connectivity index (χ1) is 12.1. The Kier molecular flexibility index (Phi) is 5.34. The minimum absolute atomic E-state index is 0.0585. The van der Waals surface area contributed by atoms with Gasteiger partial charge in [0.25, 0.3) is 5.91 Å². The second-order valence-corrected chi connectivity index (χ2v) is 6.61. The summed E-state index contributed by atoms with van der Waals surface area (Å²) in [4.78, 5) is 21.3. The largest absolute Gasteiger partial charge is 0.363 e. The highest BCUT2D eigenvalue weighted by atomic mass is 16.2. The molecule has 1 saturated heterocycles. The molecule has 1 amide bonds. The van der Waals surface area contributed by atoms with Crippen LogP contribution >= 0.6 is 0 Å². The molecule has 25 heavy (non-hydrogen) atoms. The Morgan fingerprint density at radius 2 is 2.04 bits per heavy atom. The lowest BCUT2D eigenvalue weighted by Crippen LogP contribution is -2.48. The lowest BCUT2D eigenvalue weighted by Gasteiger charge is -2.36. The van der Waals surface area contributed by atoms with Gasteiger partial charge >= 0.3 is 0 Å². The number of aromatic nitrogens is 1. The van der Waals surface area contributed by atoms with E-state index in [1.807, 2.05) is 30.0 Å². The fraction of sp³-hybridized carbons (Fsp3) is 0.400. The van der Waals surface area contributed by atoms with Gasteiger partial charge in [-0.25, -0.2) is 4.98 Å². The first-order valence-electron chi connectivity index (χ1n) is 8.84. The molecule has 5 nitrogen and oxygen atoms in total. The molecule has 1 atom stereocenters. The predicted molar refractivity (Wildman–Crippen MR) is 101 cm³/mol. The Labute approximate surface area is 149 Å². The molecule has 1 N–H and O–H groups in total. The van der Waals surface area contributed by atoms with E-state index in [0.717, 1.165) is 25.3 Å². The number of rotatable bonds is 4. The monoisotopic (exact) mass is 338 g/mol. The van der Waals surface area contributed by atoms with E-state index >= 15 is 0 Å². The quantitative estimate of drug-likeness (QED) is 0.930. The van der Waals surface area contributed by atoms with Crippen molar-refractivity contribution in [3.05, 3.63) is 59.3 Å². The van der Waals surface area contributed by atoms with Crippen LogP contribution in [-0.2, 0) is 6.42 Å². The van der Waals surface area contributed by atoms with Crippen molar-refractivity contribution in [2.45, 2.75) is 19.4 Å². The lowest BCUT2D eigenvalue weighted by molar-refractivity contribution is 0.0634. The van der Waals surface area contributed by atoms with E-state index in [1.165, 1.54) is 11.1 Å². The molecule has 2 aromatic rings. The van der Waals surface area contributed by atoms with Crippen LogP contribution in [0, 0.1) is 0 Å². The Morgan fingerprint density at radius 3 is 2.72 bits per heavy atom. The highest BCUT2D eigenvalue weighted by molar-refractivity contribution is 5.95. The molecule has 0 spiro atoms. The van der Waals surface area contributed by atoms with Crippen molar-refractivity contribution in [2.75, 3.05) is 38.6 Å². The molecule has 1 aliphatic rings. The number of anilines is 1. The summed E-state index contributed by atoms with van der Waals surface area (Å²) in [5.74, 6) is 0.862. The third-order valence-electron chi connectivity index (χ3n) is 4.73. The number of amides is 1. The zero-order valence-electron chi connectivity index (χ0n) is 15.2. The standard InChI is InChI=1S/C20H26N4O/c1-4-15-5-7-16(8-6-15)18-14-21-11-12-24(18)20(25)17-9-10-22-19(13-17)23(2)3/h5-10,13,18,21H,4,11-12,14H2,1-3H3. The van der Waals surface area contributed by atoms with E-state index in [0.29, 0.717) is 12.1 Å². The number of nitrogens with zero attached hydrogens (tertiary/aromatic N) is 3. The summed E-state index contributed by atoms with van der Waals surface area (Å²) in [6.07, 6.45) is 2.73. The average Bonchev–Trinajstić information content (AvgIpc) is 2.67. The van der Waals surface area contributed by atoms with Gasteiger partial charge in [0.2, 0.25) is 0 Å². The molecule has 2 heterocycles. The summed E-state index contributed by atoms with van der Waals surface area (Å²) in [5, 5.41) is 3.41. The minimum Gasteiger partial charge on any atom is -0.363 e. The van der Waals surface area contributed by atoms with Gasteiger partial charge in [-0.2, -0.15) is 0 Å². The van der Waals surface area contributed by atoms with Crippen LogP contribution in [-0.4, -0.2) is 49.5 Å². The van der Waals surface area contributed by atoms with Gasteiger partial charge in [0.15, 0.2) is 0 Å². The second kappa shape index (κ2) is 7.66. The number of benzene rings is 1. The van der Waals surface area contributed by atoms with E-state index in [4.69, 9.17) is 0 Å². The summed E-state index contributed by atoms with van der Waals surface area (Å²) >= 11 is 0. The van der Waals surface area contributed by atoms with Crippen LogP contribution in [0.3, 0.4) is 0 Å². The summed E-state index contributed by atoms with van der Waals surface area (Å²) in [7, 11) is 3.86. The van der Waals surface area contributed by atoms with Crippen molar-refractivity contribution in [2.24, 2.45) is 0 Å². The Balaban J connectivity index is 1.87. The molecule has 132 valence electrons. The van der Waals surface area contributed by atoms with Gasteiger partial charge < -0.3 is 15.1 Å². The molecule has 5 heteroatoms. The SMILES string of the molecule is CCc1ccc(C2CNCCN2C(=O)c2ccnc(N(C)C)c2)cc1. The van der Waals surface area contributed by atoms with Crippen LogP contribution in [0.15, 0.2) is 42.6 Å². The van der Waals surface area contributed by atoms with Crippen molar-refractivity contribution in [1.82, 2.24) is 15.2 Å². The van der Waals surface area contributed by atoms with Crippen molar-refractivity contribution < 1.29 is 4.79 Å². The van der Waals surface area contributed by atoms with E-state index in [2.05, 4.69) is 41.5 Å². The number of piperazine rings is 1. The van der Waals surface area contributed by atoms with Gasteiger partial charge in [-0.05, 0) is 29.7 Å². The van der Waals surface area contributed by atoms with E-state index in [1.54, 1.807) is 12.3 Å². The van der Waals surface area contributed by atoms with Crippen LogP contribution < -0.4 is 10.2 Å². The fourth-order valence-corrected chi connectivity index (χ4v) is 3.18. The Hall–Kier alpha value is -2.40. The number of nitrogens with one attached hydrogen (secondary N) is 1. The third kappa shape index (κ3) is 3.82. The fourth-order valence-electron chi connectivity index (χ4n) is 3.18. The molecule has 0 bridgehead atoms. The average molecular weight is 338 g/mol. The van der Waals surface area contributed by atoms with Crippen LogP contribution in [0.4, 0.5) is 5.82 Å². The maximum Gasteiger partial charge on any atom is 0.254 e. The first kappa shape index (κ1) is 17.4. The van der Waals surface area contributed by atoms with Crippen molar-refractivity contribution in [3.63, 3.8) is 0 Å². The predicted octanol–water partition coefficient (Wildman–Crippen LogP) is 2.50. The highest BCUT2D eigenvalue weighted by Gasteiger charge is 2.28. The molecule has 1 aliphatic heterocycles. The van der Waals surface area contributed by atoms with Gasteiger partial charge in [0.1, 0.15) is 5.82 Å². The molecule has 0 aliphatic carbocycles. The van der Waals surface area contributed by atoms with Crippen LogP contribution in [0.2, 0.25) is 0 Å². The number of carbonyl (C=O) groups excluding carboxylic acids is 1. The molecular formula is C20H26N4O. The zero-order chi connectivity index (χ0) is 17.8. The van der Waals surface area contributed by atoms with Gasteiger partial charge in [0.05, 0.1) is 6.04 Å². The summed E-state index contributed by atoms with van der Waals surface area (Å²) < 4.78 is 0. The van der Waals surface area contributed by atoms with Crippen LogP contribution in [0.25, 0.3) is 0 Å². The normalized spacial score (nSPS) is 17.4. The Morgan fingerprint density at radius 1 is 1.28 bits per heavy atom. The Bertz CT molecular complexity index is 727. The molecule has 1 aromatic carbocycles. The van der Waals surface area contributed by atoms with Crippen LogP contribution in [0.1, 0.15) is 34.5 Å². The highest BCUT2D eigenvalue weighted by Crippen LogP contribution is 2.25. The minimum atomic E-state index is 0.0585.